The Hall–Kier alpha value is -3.12. The minimum absolute atomic E-state index is 0.257. The van der Waals surface area contributed by atoms with Crippen LogP contribution in [-0.4, -0.2) is 18.5 Å². The molecule has 0 aliphatic rings. The molecule has 1 amide bonds. The van der Waals surface area contributed by atoms with E-state index in [4.69, 9.17) is 9.15 Å². The van der Waals surface area contributed by atoms with E-state index < -0.39 is 5.97 Å². The number of thiophene rings is 1. The van der Waals surface area contributed by atoms with Crippen molar-refractivity contribution in [3.05, 3.63) is 70.5 Å². The van der Waals surface area contributed by atoms with Crippen LogP contribution in [0.3, 0.4) is 0 Å². The summed E-state index contributed by atoms with van der Waals surface area (Å²) in [7, 11) is 0. The summed E-state index contributed by atoms with van der Waals surface area (Å²) in [6, 6.07) is 9.53. The predicted octanol–water partition coefficient (Wildman–Crippen LogP) is 5.45. The average molecular weight is 395 g/mol. The Bertz CT molecular complexity index is 1020. The molecule has 2 heterocycles. The zero-order valence-electron chi connectivity index (χ0n) is 15.9. The fourth-order valence-corrected chi connectivity index (χ4v) is 3.82. The minimum atomic E-state index is -0.455. The summed E-state index contributed by atoms with van der Waals surface area (Å²) in [5.41, 5.74) is 4.27. The first-order valence-electron chi connectivity index (χ1n) is 8.88. The van der Waals surface area contributed by atoms with Gasteiger partial charge >= 0.3 is 5.97 Å². The first-order chi connectivity index (χ1) is 13.5. The number of ether oxygens (including phenoxy) is 1. The first kappa shape index (κ1) is 19.6. The number of hydrogen-bond donors (Lipinski definition) is 1. The Morgan fingerprint density at radius 2 is 2.04 bits per heavy atom. The summed E-state index contributed by atoms with van der Waals surface area (Å²) >= 11 is 1.30. The molecule has 0 radical (unpaired) electrons. The SMILES string of the molecule is CCOC(=O)c1c(-c2ccc(C)cc2C)csc1NC(=O)/C=C/c1ccco1. The van der Waals surface area contributed by atoms with Gasteiger partial charge in [-0.15, -0.1) is 11.3 Å². The normalized spacial score (nSPS) is 11.0. The molecule has 1 aromatic carbocycles. The molecule has 3 rings (SSSR count). The number of benzene rings is 1. The van der Waals surface area contributed by atoms with Gasteiger partial charge in [-0.3, -0.25) is 4.79 Å². The second-order valence-electron chi connectivity index (χ2n) is 6.23. The van der Waals surface area contributed by atoms with Crippen molar-refractivity contribution in [1.29, 1.82) is 0 Å². The molecule has 28 heavy (non-hydrogen) atoms. The number of furan rings is 1. The molecule has 0 spiro atoms. The topological polar surface area (TPSA) is 68.5 Å². The van der Waals surface area contributed by atoms with Gasteiger partial charge in [-0.2, -0.15) is 0 Å². The lowest BCUT2D eigenvalue weighted by Crippen LogP contribution is -2.12. The van der Waals surface area contributed by atoms with E-state index in [1.807, 2.05) is 31.4 Å². The van der Waals surface area contributed by atoms with E-state index in [1.54, 1.807) is 25.1 Å². The number of esters is 1. The van der Waals surface area contributed by atoms with Gasteiger partial charge in [0.05, 0.1) is 12.9 Å². The number of carbonyl (C=O) groups excluding carboxylic acids is 2. The molecule has 3 aromatic rings. The van der Waals surface area contributed by atoms with Crippen LogP contribution in [0.4, 0.5) is 5.00 Å². The van der Waals surface area contributed by atoms with Crippen molar-refractivity contribution in [2.75, 3.05) is 11.9 Å². The molecule has 0 bridgehead atoms. The fourth-order valence-electron chi connectivity index (χ4n) is 2.87. The molecular weight excluding hydrogens is 374 g/mol. The Morgan fingerprint density at radius 1 is 1.21 bits per heavy atom. The van der Waals surface area contributed by atoms with Crippen molar-refractivity contribution < 1.29 is 18.7 Å². The molecule has 5 nitrogen and oxygen atoms in total. The van der Waals surface area contributed by atoms with E-state index in [-0.39, 0.29) is 12.5 Å². The maximum absolute atomic E-state index is 12.6. The van der Waals surface area contributed by atoms with Crippen LogP contribution >= 0.6 is 11.3 Å². The van der Waals surface area contributed by atoms with Crippen LogP contribution in [0.15, 0.2) is 52.5 Å². The van der Waals surface area contributed by atoms with Crippen molar-refractivity contribution in [1.82, 2.24) is 0 Å². The highest BCUT2D eigenvalue weighted by atomic mass is 32.1. The molecule has 0 atom stereocenters. The third-order valence-electron chi connectivity index (χ3n) is 4.12. The highest BCUT2D eigenvalue weighted by Crippen LogP contribution is 2.37. The predicted molar refractivity (Wildman–Crippen MR) is 112 cm³/mol. The van der Waals surface area contributed by atoms with Crippen LogP contribution in [0.1, 0.15) is 34.2 Å². The maximum atomic E-state index is 12.6. The number of aryl methyl sites for hydroxylation is 2. The molecule has 0 saturated heterocycles. The lowest BCUT2D eigenvalue weighted by atomic mass is 9.97. The minimum Gasteiger partial charge on any atom is -0.465 e. The van der Waals surface area contributed by atoms with E-state index in [2.05, 4.69) is 11.4 Å². The van der Waals surface area contributed by atoms with Crippen molar-refractivity contribution >= 4 is 34.3 Å². The van der Waals surface area contributed by atoms with Gasteiger partial charge in [0.1, 0.15) is 16.3 Å². The van der Waals surface area contributed by atoms with E-state index in [0.29, 0.717) is 16.3 Å². The monoisotopic (exact) mass is 395 g/mol. The summed E-state index contributed by atoms with van der Waals surface area (Å²) in [5, 5.41) is 5.12. The molecule has 0 aliphatic heterocycles. The Kier molecular flexibility index (Phi) is 6.11. The molecule has 0 unspecified atom stereocenters. The van der Waals surface area contributed by atoms with E-state index in [1.165, 1.54) is 23.7 Å². The zero-order chi connectivity index (χ0) is 20.1. The van der Waals surface area contributed by atoms with Crippen LogP contribution in [-0.2, 0) is 9.53 Å². The van der Waals surface area contributed by atoms with Gasteiger partial charge in [0.2, 0.25) is 5.91 Å². The van der Waals surface area contributed by atoms with Crippen LogP contribution in [0, 0.1) is 13.8 Å². The van der Waals surface area contributed by atoms with Gasteiger partial charge < -0.3 is 14.5 Å². The number of hydrogen-bond acceptors (Lipinski definition) is 5. The van der Waals surface area contributed by atoms with Crippen LogP contribution in [0.5, 0.6) is 0 Å². The van der Waals surface area contributed by atoms with Gasteiger partial charge in [0, 0.05) is 17.0 Å². The van der Waals surface area contributed by atoms with Crippen LogP contribution in [0.25, 0.3) is 17.2 Å². The number of carbonyl (C=O) groups is 2. The highest BCUT2D eigenvalue weighted by Gasteiger charge is 2.23. The third-order valence-corrected chi connectivity index (χ3v) is 5.02. The summed E-state index contributed by atoms with van der Waals surface area (Å²) < 4.78 is 10.4. The maximum Gasteiger partial charge on any atom is 0.341 e. The first-order valence-corrected chi connectivity index (χ1v) is 9.76. The second-order valence-corrected chi connectivity index (χ2v) is 7.11. The quantitative estimate of drug-likeness (QED) is 0.445. The van der Waals surface area contributed by atoms with Crippen LogP contribution in [0.2, 0.25) is 0 Å². The summed E-state index contributed by atoms with van der Waals surface area (Å²) in [4.78, 5) is 24.9. The van der Waals surface area contributed by atoms with Gasteiger partial charge in [-0.1, -0.05) is 23.8 Å². The molecule has 0 aliphatic carbocycles. The molecule has 144 valence electrons. The van der Waals surface area contributed by atoms with Crippen molar-refractivity contribution in [2.45, 2.75) is 20.8 Å². The lowest BCUT2D eigenvalue weighted by Gasteiger charge is -2.10. The summed E-state index contributed by atoms with van der Waals surface area (Å²) in [6.07, 6.45) is 4.47. The molecule has 0 fully saturated rings. The summed E-state index contributed by atoms with van der Waals surface area (Å²) in [5.74, 6) is -0.233. The molecule has 0 saturated carbocycles. The van der Waals surface area contributed by atoms with Gasteiger partial charge in [0.15, 0.2) is 0 Å². The third kappa shape index (κ3) is 4.40. The zero-order valence-corrected chi connectivity index (χ0v) is 16.8. The van der Waals surface area contributed by atoms with E-state index >= 15 is 0 Å². The number of rotatable bonds is 6. The summed E-state index contributed by atoms with van der Waals surface area (Å²) in [6.45, 7) is 6.03. The number of amides is 1. The number of anilines is 1. The molecule has 6 heteroatoms. The Labute approximate surface area is 167 Å². The lowest BCUT2D eigenvalue weighted by molar-refractivity contribution is -0.111. The van der Waals surface area contributed by atoms with Crippen molar-refractivity contribution in [3.63, 3.8) is 0 Å². The standard InChI is InChI=1S/C22H21NO4S/c1-4-26-22(25)20-18(17-9-7-14(2)12-15(17)3)13-28-21(20)23-19(24)10-8-16-6-5-11-27-16/h5-13H,4H2,1-3H3,(H,23,24)/b10-8+. The van der Waals surface area contributed by atoms with Gasteiger partial charge in [-0.05, 0) is 50.1 Å². The molecule has 2 aromatic heterocycles. The molecule has 1 N–H and O–H groups in total. The van der Waals surface area contributed by atoms with Gasteiger partial charge in [0.25, 0.3) is 0 Å². The van der Waals surface area contributed by atoms with Gasteiger partial charge in [-0.25, -0.2) is 4.79 Å². The average Bonchev–Trinajstić information content (AvgIpc) is 3.30. The fraction of sp³-hybridized carbons (Fsp3) is 0.182. The van der Waals surface area contributed by atoms with Crippen LogP contribution < -0.4 is 5.32 Å². The van der Waals surface area contributed by atoms with Crippen molar-refractivity contribution in [3.8, 4) is 11.1 Å². The number of nitrogens with one attached hydrogen (secondary N) is 1. The Morgan fingerprint density at radius 3 is 2.71 bits per heavy atom. The smallest absolute Gasteiger partial charge is 0.341 e. The van der Waals surface area contributed by atoms with E-state index in [0.717, 1.165) is 22.3 Å². The Balaban J connectivity index is 1.93. The molecular formula is C22H21NO4S. The van der Waals surface area contributed by atoms with E-state index in [9.17, 15) is 9.59 Å². The second kappa shape index (κ2) is 8.71. The largest absolute Gasteiger partial charge is 0.465 e. The van der Waals surface area contributed by atoms with Crippen molar-refractivity contribution in [2.24, 2.45) is 0 Å². The highest BCUT2D eigenvalue weighted by molar-refractivity contribution is 7.15.